The van der Waals surface area contributed by atoms with Gasteiger partial charge in [0.05, 0.1) is 58.4 Å². The third-order valence-corrected chi connectivity index (χ3v) is 11.9. The number of anilines is 4. The SMILES string of the molecule is CC(CO)NC1=CN(Nc2ccccc2)SC(Nc2ccc(C=Cc3ccc(NC4=CC(NC(C)CO)=CN(Nc5ccccc5)S4)cc3S(=O)(=O)O)c(S(=O)(=O)O)c2)=C1. The molecule has 4 aromatic carbocycles. The molecule has 0 saturated heterocycles. The molecule has 0 radical (unpaired) electrons. The number of benzene rings is 4. The summed E-state index contributed by atoms with van der Waals surface area (Å²) >= 11 is 2.52. The normalized spacial score (nSPS) is 15.6. The third kappa shape index (κ3) is 12.5. The number of rotatable bonds is 18. The van der Waals surface area contributed by atoms with E-state index in [-0.39, 0.29) is 36.4 Å². The van der Waals surface area contributed by atoms with E-state index in [9.17, 15) is 36.2 Å². The second-order valence-corrected chi connectivity index (χ2v) is 18.3. The molecule has 2 aliphatic heterocycles. The highest BCUT2D eigenvalue weighted by molar-refractivity contribution is 8.01. The molecule has 2 heterocycles. The minimum atomic E-state index is -4.79. The van der Waals surface area contributed by atoms with E-state index >= 15 is 0 Å². The predicted octanol–water partition coefficient (Wildman–Crippen LogP) is 6.46. The van der Waals surface area contributed by atoms with Crippen molar-refractivity contribution in [3.63, 3.8) is 0 Å². The van der Waals surface area contributed by atoms with Crippen LogP contribution in [0.3, 0.4) is 0 Å². The van der Waals surface area contributed by atoms with E-state index in [0.29, 0.717) is 32.8 Å². The van der Waals surface area contributed by atoms with Crippen molar-refractivity contribution in [2.45, 2.75) is 35.7 Å². The molecule has 6 rings (SSSR count). The Hall–Kier alpha value is -5.58. The predicted molar refractivity (Wildman–Crippen MR) is 239 cm³/mol. The van der Waals surface area contributed by atoms with E-state index < -0.39 is 30.0 Å². The zero-order valence-electron chi connectivity index (χ0n) is 32.2. The fraction of sp³-hybridized carbons (Fsp3) is 0.150. The maximum absolute atomic E-state index is 12.7. The van der Waals surface area contributed by atoms with Crippen LogP contribution < -0.4 is 32.1 Å². The molecule has 0 spiro atoms. The molecule has 0 aromatic heterocycles. The Balaban J connectivity index is 1.23. The molecule has 10 N–H and O–H groups in total. The first-order chi connectivity index (χ1) is 28.6. The van der Waals surface area contributed by atoms with Crippen LogP contribution in [0.4, 0.5) is 22.7 Å². The first-order valence-corrected chi connectivity index (χ1v) is 22.7. The van der Waals surface area contributed by atoms with Gasteiger partial charge in [0.2, 0.25) is 0 Å². The number of para-hydroxylation sites is 2. The van der Waals surface area contributed by atoms with Gasteiger partial charge in [0, 0.05) is 47.4 Å². The molecule has 4 aromatic rings. The zero-order chi connectivity index (χ0) is 42.9. The van der Waals surface area contributed by atoms with Gasteiger partial charge in [-0.25, -0.2) is 8.83 Å². The second-order valence-electron chi connectivity index (χ2n) is 13.5. The summed E-state index contributed by atoms with van der Waals surface area (Å²) in [5.41, 5.74) is 10.1. The lowest BCUT2D eigenvalue weighted by Crippen LogP contribution is -2.31. The molecular weight excluding hydrogens is 849 g/mol. The monoisotopic (exact) mass is 892 g/mol. The van der Waals surface area contributed by atoms with E-state index in [4.69, 9.17) is 0 Å². The molecule has 0 saturated carbocycles. The van der Waals surface area contributed by atoms with Gasteiger partial charge in [-0.1, -0.05) is 60.7 Å². The molecule has 0 aliphatic carbocycles. The van der Waals surface area contributed by atoms with Gasteiger partial charge in [-0.05, 0) is 85.7 Å². The summed E-state index contributed by atoms with van der Waals surface area (Å²) in [6.07, 6.45) is 9.80. The summed E-state index contributed by atoms with van der Waals surface area (Å²) in [4.78, 5) is -0.913. The second kappa shape index (κ2) is 19.7. The number of aliphatic hydroxyl groups is 2. The van der Waals surface area contributed by atoms with Crippen LogP contribution in [0.1, 0.15) is 25.0 Å². The standard InChI is InChI=1S/C40H44N8O8S4/c1-27(25-49)41-35-21-39(57-47(23-35)45-31-9-5-3-6-10-31)43-33-17-15-29(37(19-33)59(51,52)53)13-14-30-16-18-34(20-38(30)60(54,55)56)44-40-22-36(42-28(2)26-50)24-48(58-40)46-32-11-7-4-8-12-32/h3-24,27-28,41-46,49-50H,25-26H2,1-2H3,(H,51,52,53)(H,54,55,56). The number of hydrazine groups is 2. The first kappa shape index (κ1) is 44.0. The molecule has 20 heteroatoms. The van der Waals surface area contributed by atoms with E-state index in [1.807, 2.05) is 74.5 Å². The van der Waals surface area contributed by atoms with Crippen LogP contribution in [0.15, 0.2) is 153 Å². The van der Waals surface area contributed by atoms with Crippen molar-refractivity contribution in [2.75, 3.05) is 34.7 Å². The summed E-state index contributed by atoms with van der Waals surface area (Å²) in [5.74, 6) is 0. The Morgan fingerprint density at radius 3 is 1.32 bits per heavy atom. The molecule has 316 valence electrons. The van der Waals surface area contributed by atoms with Gasteiger partial charge in [0.15, 0.2) is 0 Å². The number of hydrogen-bond acceptors (Lipinski definition) is 16. The topological polar surface area (TPSA) is 228 Å². The third-order valence-electron chi connectivity index (χ3n) is 8.44. The average Bonchev–Trinajstić information content (AvgIpc) is 3.20. The van der Waals surface area contributed by atoms with Crippen molar-refractivity contribution in [2.24, 2.45) is 0 Å². The molecular formula is C40H44N8O8S4. The van der Waals surface area contributed by atoms with Crippen molar-refractivity contribution < 1.29 is 36.2 Å². The van der Waals surface area contributed by atoms with Crippen molar-refractivity contribution in [1.82, 2.24) is 19.5 Å². The minimum absolute atomic E-state index is 0.0434. The van der Waals surface area contributed by atoms with Gasteiger partial charge in [-0.3, -0.25) is 20.0 Å². The van der Waals surface area contributed by atoms with Gasteiger partial charge in [-0.2, -0.15) is 16.8 Å². The van der Waals surface area contributed by atoms with Crippen LogP contribution in [0.2, 0.25) is 0 Å². The van der Waals surface area contributed by atoms with Gasteiger partial charge in [0.1, 0.15) is 9.79 Å². The Bertz CT molecular complexity index is 2360. The molecule has 2 unspecified atom stereocenters. The molecule has 60 heavy (non-hydrogen) atoms. The summed E-state index contributed by atoms with van der Waals surface area (Å²) in [5, 5.41) is 33.1. The van der Waals surface area contributed by atoms with E-state index in [0.717, 1.165) is 11.4 Å². The lowest BCUT2D eigenvalue weighted by molar-refractivity contribution is 0.259. The Morgan fingerprint density at radius 2 is 0.967 bits per heavy atom. The van der Waals surface area contributed by atoms with Crippen LogP contribution in [0.5, 0.6) is 0 Å². The molecule has 16 nitrogen and oxygen atoms in total. The Morgan fingerprint density at radius 1 is 0.583 bits per heavy atom. The molecule has 2 aliphatic rings. The van der Waals surface area contributed by atoms with Gasteiger partial charge in [-0.15, -0.1) is 0 Å². The van der Waals surface area contributed by atoms with E-state index in [1.165, 1.54) is 60.3 Å². The smallest absolute Gasteiger partial charge is 0.295 e. The van der Waals surface area contributed by atoms with Crippen LogP contribution >= 0.6 is 23.9 Å². The van der Waals surface area contributed by atoms with Crippen LogP contribution in [-0.4, -0.2) is 70.3 Å². The lowest BCUT2D eigenvalue weighted by atomic mass is 10.1. The molecule has 2 atom stereocenters. The fourth-order valence-electron chi connectivity index (χ4n) is 5.66. The highest BCUT2D eigenvalue weighted by Gasteiger charge is 2.21. The number of allylic oxidation sites excluding steroid dienone is 2. The van der Waals surface area contributed by atoms with Gasteiger partial charge >= 0.3 is 0 Å². The number of hydrogen-bond donors (Lipinski definition) is 10. The number of aliphatic hydroxyl groups excluding tert-OH is 2. The van der Waals surface area contributed by atoms with Crippen LogP contribution in [0, 0.1) is 0 Å². The van der Waals surface area contributed by atoms with Crippen molar-refractivity contribution in [3.8, 4) is 0 Å². The summed E-state index contributed by atoms with van der Waals surface area (Å²) in [6, 6.07) is 26.9. The molecule has 0 amide bonds. The molecule has 0 bridgehead atoms. The summed E-state index contributed by atoms with van der Waals surface area (Å²) in [7, 11) is -9.59. The Labute approximate surface area is 357 Å². The largest absolute Gasteiger partial charge is 0.394 e. The highest BCUT2D eigenvalue weighted by Crippen LogP contribution is 2.34. The molecule has 0 fully saturated rings. The van der Waals surface area contributed by atoms with Gasteiger partial charge < -0.3 is 31.5 Å². The van der Waals surface area contributed by atoms with Crippen LogP contribution in [-0.2, 0) is 20.2 Å². The maximum Gasteiger partial charge on any atom is 0.295 e. The fourth-order valence-corrected chi connectivity index (χ4v) is 8.83. The first-order valence-electron chi connectivity index (χ1n) is 18.3. The highest BCUT2D eigenvalue weighted by atomic mass is 32.2. The summed E-state index contributed by atoms with van der Waals surface area (Å²) < 4.78 is 74.8. The number of nitrogens with one attached hydrogen (secondary N) is 6. The zero-order valence-corrected chi connectivity index (χ0v) is 35.5. The van der Waals surface area contributed by atoms with Crippen molar-refractivity contribution in [3.05, 3.63) is 154 Å². The van der Waals surface area contributed by atoms with E-state index in [1.54, 1.807) is 45.5 Å². The average molecular weight is 893 g/mol. The summed E-state index contributed by atoms with van der Waals surface area (Å²) in [6.45, 7) is 3.40. The lowest BCUT2D eigenvalue weighted by Gasteiger charge is -2.28. The minimum Gasteiger partial charge on any atom is -0.394 e. The Kier molecular flexibility index (Phi) is 14.4. The van der Waals surface area contributed by atoms with Crippen molar-refractivity contribution >= 4 is 79.0 Å². The quantitative estimate of drug-likeness (QED) is 0.0294. The van der Waals surface area contributed by atoms with Crippen LogP contribution in [0.25, 0.3) is 12.2 Å². The van der Waals surface area contributed by atoms with Crippen molar-refractivity contribution in [1.29, 1.82) is 0 Å². The van der Waals surface area contributed by atoms with E-state index in [2.05, 4.69) is 32.1 Å². The maximum atomic E-state index is 12.7. The number of nitrogens with zero attached hydrogens (tertiary/aromatic N) is 2. The van der Waals surface area contributed by atoms with Gasteiger partial charge in [0.25, 0.3) is 20.2 Å².